The first-order valence-electron chi connectivity index (χ1n) is 12.6. The first-order chi connectivity index (χ1) is 16.8. The van der Waals surface area contributed by atoms with Crippen LogP contribution in [0.4, 0.5) is 0 Å². The van der Waals surface area contributed by atoms with Crippen molar-refractivity contribution in [3.05, 3.63) is 47.7 Å². The number of fused-ring (bicyclic) bond motifs is 1. The first kappa shape index (κ1) is 25.3. The standard InChI is InChI=1S/C28H38N2O5/c1-7-13-34-21-10-9-19(16-23(21)33-6)25-24-26(31)20-14-17(2)18(3)15-22(20)35-27(24)28(32)30(25)12-8-11-29(4)5/h7,9-10,16-18,20,22,25H,1,8,11-15H2,2-6H3. The van der Waals surface area contributed by atoms with Crippen LogP contribution in [-0.2, 0) is 14.3 Å². The molecule has 190 valence electrons. The lowest BCUT2D eigenvalue weighted by atomic mass is 9.70. The third kappa shape index (κ3) is 4.83. The van der Waals surface area contributed by atoms with Gasteiger partial charge in [-0.25, -0.2) is 0 Å². The Morgan fingerprint density at radius 1 is 1.17 bits per heavy atom. The number of carbonyl (C=O) groups excluding carboxylic acids is 2. The second-order valence-corrected chi connectivity index (χ2v) is 10.4. The van der Waals surface area contributed by atoms with E-state index in [0.717, 1.165) is 31.4 Å². The Kier molecular flexibility index (Phi) is 7.55. The van der Waals surface area contributed by atoms with Crippen LogP contribution in [-0.4, -0.2) is 68.5 Å². The molecular formula is C28H38N2O5. The summed E-state index contributed by atoms with van der Waals surface area (Å²) in [7, 11) is 5.61. The van der Waals surface area contributed by atoms with Gasteiger partial charge in [0.25, 0.3) is 5.91 Å². The number of hydrogen-bond acceptors (Lipinski definition) is 6. The lowest BCUT2D eigenvalue weighted by molar-refractivity contribution is -0.137. The fraction of sp³-hybridized carbons (Fsp3) is 0.571. The predicted molar refractivity (Wildman–Crippen MR) is 134 cm³/mol. The Balaban J connectivity index is 1.73. The molecule has 1 aliphatic carbocycles. The zero-order chi connectivity index (χ0) is 25.3. The monoisotopic (exact) mass is 482 g/mol. The molecule has 4 rings (SSSR count). The molecule has 0 saturated heterocycles. The second kappa shape index (κ2) is 10.4. The van der Waals surface area contributed by atoms with Crippen LogP contribution in [0.2, 0.25) is 0 Å². The van der Waals surface area contributed by atoms with Crippen LogP contribution in [0, 0.1) is 17.8 Å². The summed E-state index contributed by atoms with van der Waals surface area (Å²) in [6.45, 7) is 9.83. The van der Waals surface area contributed by atoms with Gasteiger partial charge in [0.15, 0.2) is 23.0 Å². The number of nitrogens with zero attached hydrogens (tertiary/aromatic N) is 2. The molecule has 1 aromatic carbocycles. The van der Waals surface area contributed by atoms with Crippen molar-refractivity contribution in [1.82, 2.24) is 9.80 Å². The average molecular weight is 483 g/mol. The molecule has 2 heterocycles. The number of rotatable bonds is 9. The highest BCUT2D eigenvalue weighted by Gasteiger charge is 2.53. The molecule has 1 saturated carbocycles. The van der Waals surface area contributed by atoms with Crippen LogP contribution in [0.1, 0.15) is 44.7 Å². The molecule has 0 N–H and O–H groups in total. The lowest BCUT2D eigenvalue weighted by Crippen LogP contribution is -2.43. The van der Waals surface area contributed by atoms with E-state index in [4.69, 9.17) is 14.2 Å². The molecule has 5 unspecified atom stereocenters. The number of hydrogen-bond donors (Lipinski definition) is 0. The van der Waals surface area contributed by atoms with E-state index in [9.17, 15) is 9.59 Å². The smallest absolute Gasteiger partial charge is 0.290 e. The molecule has 7 nitrogen and oxygen atoms in total. The molecule has 7 heteroatoms. The van der Waals surface area contributed by atoms with Gasteiger partial charge in [-0.05, 0) is 69.4 Å². The minimum Gasteiger partial charge on any atom is -0.493 e. The topological polar surface area (TPSA) is 68.3 Å². The molecule has 0 spiro atoms. The summed E-state index contributed by atoms with van der Waals surface area (Å²) in [6.07, 6.45) is 3.84. The zero-order valence-corrected chi connectivity index (χ0v) is 21.6. The third-order valence-corrected chi connectivity index (χ3v) is 7.67. The Labute approximate surface area is 208 Å². The third-order valence-electron chi connectivity index (χ3n) is 7.67. The van der Waals surface area contributed by atoms with Gasteiger partial charge in [0, 0.05) is 6.54 Å². The molecule has 0 bridgehead atoms. The Morgan fingerprint density at radius 3 is 2.60 bits per heavy atom. The number of amides is 1. The summed E-state index contributed by atoms with van der Waals surface area (Å²) in [5, 5.41) is 0. The van der Waals surface area contributed by atoms with Gasteiger partial charge >= 0.3 is 0 Å². The van der Waals surface area contributed by atoms with Crippen LogP contribution in [0.25, 0.3) is 0 Å². The summed E-state index contributed by atoms with van der Waals surface area (Å²) in [5.41, 5.74) is 1.33. The lowest BCUT2D eigenvalue weighted by Gasteiger charge is -2.40. The first-order valence-corrected chi connectivity index (χ1v) is 12.6. The second-order valence-electron chi connectivity index (χ2n) is 10.4. The summed E-state index contributed by atoms with van der Waals surface area (Å²) in [6, 6.07) is 5.12. The van der Waals surface area contributed by atoms with Crippen LogP contribution >= 0.6 is 0 Å². The fourth-order valence-corrected chi connectivity index (χ4v) is 5.57. The zero-order valence-electron chi connectivity index (χ0n) is 21.6. The summed E-state index contributed by atoms with van der Waals surface area (Å²) in [5.74, 6) is 1.98. The van der Waals surface area contributed by atoms with E-state index in [-0.39, 0.29) is 29.5 Å². The van der Waals surface area contributed by atoms with Crippen LogP contribution in [0.3, 0.4) is 0 Å². The molecule has 35 heavy (non-hydrogen) atoms. The highest BCUT2D eigenvalue weighted by Crippen LogP contribution is 2.49. The molecule has 1 aromatic rings. The maximum atomic E-state index is 13.9. The molecule has 3 aliphatic rings. The molecule has 5 atom stereocenters. The van der Waals surface area contributed by atoms with E-state index in [1.54, 1.807) is 18.1 Å². The maximum Gasteiger partial charge on any atom is 0.290 e. The van der Waals surface area contributed by atoms with Crippen molar-refractivity contribution in [2.24, 2.45) is 17.8 Å². The highest BCUT2D eigenvalue weighted by molar-refractivity contribution is 6.11. The average Bonchev–Trinajstić information content (AvgIpc) is 3.10. The largest absolute Gasteiger partial charge is 0.493 e. The molecule has 1 fully saturated rings. The van der Waals surface area contributed by atoms with Gasteiger partial charge in [0.05, 0.1) is 24.6 Å². The molecule has 0 aromatic heterocycles. The molecule has 1 amide bonds. The van der Waals surface area contributed by atoms with E-state index in [2.05, 4.69) is 25.3 Å². The molecule has 0 radical (unpaired) electrons. The van der Waals surface area contributed by atoms with Crippen molar-refractivity contribution >= 4 is 11.7 Å². The van der Waals surface area contributed by atoms with E-state index in [0.29, 0.717) is 42.1 Å². The van der Waals surface area contributed by atoms with Crippen LogP contribution in [0.5, 0.6) is 11.5 Å². The molecular weight excluding hydrogens is 444 g/mol. The van der Waals surface area contributed by atoms with E-state index in [1.165, 1.54) is 0 Å². The van der Waals surface area contributed by atoms with Crippen molar-refractivity contribution < 1.29 is 23.8 Å². The quantitative estimate of drug-likeness (QED) is 0.496. The summed E-state index contributed by atoms with van der Waals surface area (Å²) in [4.78, 5) is 31.5. The fourth-order valence-electron chi connectivity index (χ4n) is 5.57. The van der Waals surface area contributed by atoms with Gasteiger partial charge in [-0.2, -0.15) is 0 Å². The van der Waals surface area contributed by atoms with Crippen molar-refractivity contribution in [2.45, 2.75) is 45.3 Å². The number of benzene rings is 1. The Bertz CT molecular complexity index is 1020. The van der Waals surface area contributed by atoms with Gasteiger partial charge in [0.1, 0.15) is 12.7 Å². The van der Waals surface area contributed by atoms with E-state index < -0.39 is 6.04 Å². The van der Waals surface area contributed by atoms with E-state index >= 15 is 0 Å². The maximum absolute atomic E-state index is 13.9. The van der Waals surface area contributed by atoms with Gasteiger partial charge in [0.2, 0.25) is 0 Å². The Morgan fingerprint density at radius 2 is 1.91 bits per heavy atom. The van der Waals surface area contributed by atoms with Crippen molar-refractivity contribution in [3.8, 4) is 11.5 Å². The minimum atomic E-state index is -0.495. The highest BCUT2D eigenvalue weighted by atomic mass is 16.5. The number of carbonyl (C=O) groups is 2. The number of Topliss-reactive ketones (excluding diaryl/α,β-unsaturated/α-hetero) is 1. The van der Waals surface area contributed by atoms with Crippen molar-refractivity contribution in [3.63, 3.8) is 0 Å². The van der Waals surface area contributed by atoms with Gasteiger partial charge in [-0.1, -0.05) is 32.6 Å². The summed E-state index contributed by atoms with van der Waals surface area (Å²) >= 11 is 0. The van der Waals surface area contributed by atoms with E-state index in [1.807, 2.05) is 32.3 Å². The normalized spacial score (nSPS) is 28.1. The van der Waals surface area contributed by atoms with Crippen LogP contribution in [0.15, 0.2) is 42.2 Å². The van der Waals surface area contributed by atoms with Crippen molar-refractivity contribution in [1.29, 1.82) is 0 Å². The number of ether oxygens (including phenoxy) is 3. The van der Waals surface area contributed by atoms with Gasteiger partial charge in [-0.15, -0.1) is 0 Å². The molecule has 2 aliphatic heterocycles. The number of methoxy groups -OCH3 is 1. The summed E-state index contributed by atoms with van der Waals surface area (Å²) < 4.78 is 17.7. The van der Waals surface area contributed by atoms with Crippen LogP contribution < -0.4 is 9.47 Å². The SMILES string of the molecule is C=CCOc1ccc(C2C3=C(OC4CC(C)C(C)CC4C3=O)C(=O)N2CCCN(C)C)cc1OC. The van der Waals surface area contributed by atoms with Gasteiger partial charge < -0.3 is 24.0 Å². The Hall–Kier alpha value is -2.80. The minimum absolute atomic E-state index is 0.0643. The van der Waals surface area contributed by atoms with Crippen molar-refractivity contribution in [2.75, 3.05) is 40.9 Å². The number of ketones is 1. The van der Waals surface area contributed by atoms with Gasteiger partial charge in [-0.3, -0.25) is 9.59 Å². The predicted octanol–water partition coefficient (Wildman–Crippen LogP) is 4.00.